The molecule has 1 aromatic heterocycles. The van der Waals surface area contributed by atoms with Crippen LogP contribution in [0.15, 0.2) is 93.9 Å². The lowest BCUT2D eigenvalue weighted by Crippen LogP contribution is -2.39. The van der Waals surface area contributed by atoms with E-state index in [9.17, 15) is 0 Å². The Labute approximate surface area is 201 Å². The van der Waals surface area contributed by atoms with Gasteiger partial charge in [-0.15, -0.1) is 0 Å². The van der Waals surface area contributed by atoms with Crippen molar-refractivity contribution in [3.05, 3.63) is 93.9 Å². The van der Waals surface area contributed by atoms with Gasteiger partial charge in [-0.2, -0.15) is 0 Å². The number of halogens is 2. The maximum atomic E-state index is 3.86. The van der Waals surface area contributed by atoms with E-state index in [0.29, 0.717) is 0 Å². The van der Waals surface area contributed by atoms with Crippen molar-refractivity contribution in [3.63, 3.8) is 0 Å². The molecule has 0 amide bonds. The Morgan fingerprint density at radius 3 is 1.90 bits per heavy atom. The van der Waals surface area contributed by atoms with Crippen LogP contribution in [-0.4, -0.2) is 12.6 Å². The second-order valence-corrected chi connectivity index (χ2v) is 15.7. The number of fused-ring (bicyclic) bond motifs is 3. The van der Waals surface area contributed by atoms with Crippen molar-refractivity contribution in [1.29, 1.82) is 0 Å². The summed E-state index contributed by atoms with van der Waals surface area (Å²) < 4.78 is 4.75. The van der Waals surface area contributed by atoms with E-state index in [-0.39, 0.29) is 0 Å². The molecular weight excluding hydrogens is 526 g/mol. The monoisotopic (exact) mass is 547 g/mol. The molecule has 0 atom stereocenters. The minimum atomic E-state index is -1.46. The van der Waals surface area contributed by atoms with Gasteiger partial charge < -0.3 is 4.57 Å². The maximum Gasteiger partial charge on any atom is 0.0805 e. The van der Waals surface area contributed by atoms with Crippen LogP contribution < -0.4 is 5.19 Å². The molecule has 1 heterocycles. The number of rotatable bonds is 3. The van der Waals surface area contributed by atoms with Crippen molar-refractivity contribution in [3.8, 4) is 16.8 Å². The van der Waals surface area contributed by atoms with Crippen LogP contribution >= 0.6 is 31.9 Å². The number of nitrogens with zero attached hydrogens (tertiary/aromatic N) is 1. The van der Waals surface area contributed by atoms with Gasteiger partial charge in [0.15, 0.2) is 0 Å². The Kier molecular flexibility index (Phi) is 5.20. The van der Waals surface area contributed by atoms with Crippen LogP contribution in [-0.2, 0) is 0 Å². The van der Waals surface area contributed by atoms with E-state index in [4.69, 9.17) is 0 Å². The van der Waals surface area contributed by atoms with E-state index in [1.807, 2.05) is 0 Å². The van der Waals surface area contributed by atoms with Crippen molar-refractivity contribution in [1.82, 2.24) is 4.57 Å². The summed E-state index contributed by atoms with van der Waals surface area (Å²) in [6.07, 6.45) is 0. The first-order chi connectivity index (χ1) is 14.8. The molecule has 0 unspecified atom stereocenters. The van der Waals surface area contributed by atoms with Gasteiger partial charge >= 0.3 is 0 Å². The first-order valence-corrected chi connectivity index (χ1v) is 15.5. The SMILES string of the molecule is C[Si](C)(C)c1c(Br)cc(-c2ccc3c(c2)c2ccccc2n3-c2ccccc2)cc1Br. The maximum absolute atomic E-state index is 3.86. The van der Waals surface area contributed by atoms with E-state index in [1.165, 1.54) is 52.8 Å². The lowest BCUT2D eigenvalue weighted by molar-refractivity contribution is 1.18. The lowest BCUT2D eigenvalue weighted by atomic mass is 10.0. The molecule has 154 valence electrons. The van der Waals surface area contributed by atoms with Gasteiger partial charge in [0.2, 0.25) is 0 Å². The third kappa shape index (κ3) is 3.61. The molecule has 0 radical (unpaired) electrons. The van der Waals surface area contributed by atoms with Gasteiger partial charge in [0.05, 0.1) is 19.1 Å². The Balaban J connectivity index is 1.75. The van der Waals surface area contributed by atoms with Crippen LogP contribution in [0.2, 0.25) is 19.6 Å². The average molecular weight is 549 g/mol. The molecule has 0 aliphatic heterocycles. The molecule has 5 aromatic rings. The average Bonchev–Trinajstić information content (AvgIpc) is 3.06. The Bertz CT molecular complexity index is 1410. The molecule has 5 rings (SSSR count). The summed E-state index contributed by atoms with van der Waals surface area (Å²) >= 11 is 7.71. The zero-order valence-corrected chi connectivity index (χ0v) is 22.0. The van der Waals surface area contributed by atoms with Crippen LogP contribution in [0.5, 0.6) is 0 Å². The van der Waals surface area contributed by atoms with E-state index in [1.54, 1.807) is 0 Å². The molecule has 0 N–H and O–H groups in total. The van der Waals surface area contributed by atoms with Gasteiger partial charge in [-0.05, 0) is 58.8 Å². The minimum absolute atomic E-state index is 1.19. The largest absolute Gasteiger partial charge is 0.309 e. The highest BCUT2D eigenvalue weighted by Crippen LogP contribution is 2.36. The van der Waals surface area contributed by atoms with Gasteiger partial charge in [-0.3, -0.25) is 0 Å². The molecule has 0 spiro atoms. The van der Waals surface area contributed by atoms with E-state index in [0.717, 1.165) is 0 Å². The van der Waals surface area contributed by atoms with Crippen molar-refractivity contribution in [2.75, 3.05) is 0 Å². The third-order valence-corrected chi connectivity index (χ3v) is 9.83. The van der Waals surface area contributed by atoms with Crippen LogP contribution in [0.1, 0.15) is 0 Å². The van der Waals surface area contributed by atoms with Gasteiger partial charge in [-0.25, -0.2) is 0 Å². The fraction of sp³-hybridized carbons (Fsp3) is 0.111. The fourth-order valence-corrected chi connectivity index (χ4v) is 10.8. The molecule has 4 heteroatoms. The Morgan fingerprint density at radius 2 is 1.23 bits per heavy atom. The normalized spacial score (nSPS) is 12.0. The molecule has 4 aromatic carbocycles. The predicted octanol–water partition coefficient (Wildman–Crippen LogP) is 8.52. The van der Waals surface area contributed by atoms with Crippen LogP contribution in [0, 0.1) is 0 Å². The van der Waals surface area contributed by atoms with E-state index < -0.39 is 8.07 Å². The van der Waals surface area contributed by atoms with Crippen molar-refractivity contribution >= 4 is 66.9 Å². The first-order valence-electron chi connectivity index (χ1n) is 10.4. The van der Waals surface area contributed by atoms with Gasteiger partial charge in [0.25, 0.3) is 0 Å². The summed E-state index contributed by atoms with van der Waals surface area (Å²) in [5.41, 5.74) is 6.10. The molecule has 0 aliphatic rings. The number of hydrogen-bond acceptors (Lipinski definition) is 0. The number of hydrogen-bond donors (Lipinski definition) is 0. The van der Waals surface area contributed by atoms with Crippen molar-refractivity contribution in [2.45, 2.75) is 19.6 Å². The van der Waals surface area contributed by atoms with Crippen LogP contribution in [0.25, 0.3) is 38.6 Å². The molecule has 31 heavy (non-hydrogen) atoms. The predicted molar refractivity (Wildman–Crippen MR) is 145 cm³/mol. The zero-order chi connectivity index (χ0) is 21.8. The Morgan fingerprint density at radius 1 is 0.613 bits per heavy atom. The van der Waals surface area contributed by atoms with Crippen molar-refractivity contribution < 1.29 is 0 Å². The molecule has 0 saturated heterocycles. The van der Waals surface area contributed by atoms with Gasteiger partial charge in [0.1, 0.15) is 0 Å². The lowest BCUT2D eigenvalue weighted by Gasteiger charge is -2.21. The molecule has 0 bridgehead atoms. The minimum Gasteiger partial charge on any atom is -0.309 e. The van der Waals surface area contributed by atoms with Crippen LogP contribution in [0.4, 0.5) is 0 Å². The molecular formula is C27H23Br2NSi. The fourth-order valence-electron chi connectivity index (χ4n) is 4.46. The standard InChI is InChI=1S/C27H23Br2NSi/c1-31(2,3)27-23(28)16-19(17-24(27)29)18-13-14-26-22(15-18)21-11-7-8-12-25(21)30(26)20-9-5-4-6-10-20/h4-17H,1-3H3. The summed E-state index contributed by atoms with van der Waals surface area (Å²) in [5.74, 6) is 0. The summed E-state index contributed by atoms with van der Waals surface area (Å²) in [4.78, 5) is 0. The highest BCUT2D eigenvalue weighted by atomic mass is 79.9. The molecule has 0 saturated carbocycles. The molecule has 0 aliphatic carbocycles. The van der Waals surface area contributed by atoms with Gasteiger partial charge in [0, 0.05) is 25.4 Å². The first kappa shape index (κ1) is 20.7. The highest BCUT2D eigenvalue weighted by Gasteiger charge is 2.23. The zero-order valence-electron chi connectivity index (χ0n) is 17.8. The van der Waals surface area contributed by atoms with E-state index >= 15 is 0 Å². The second kappa shape index (κ2) is 7.77. The van der Waals surface area contributed by atoms with E-state index in [2.05, 4.69) is 141 Å². The quantitative estimate of drug-likeness (QED) is 0.199. The third-order valence-electron chi connectivity index (χ3n) is 5.81. The van der Waals surface area contributed by atoms with Crippen molar-refractivity contribution in [2.24, 2.45) is 0 Å². The summed E-state index contributed by atoms with van der Waals surface area (Å²) in [6.45, 7) is 7.13. The number of para-hydroxylation sites is 2. The second-order valence-electron chi connectivity index (χ2n) is 8.98. The van der Waals surface area contributed by atoms with Gasteiger partial charge in [-0.1, -0.05) is 94.0 Å². The number of benzene rings is 4. The highest BCUT2D eigenvalue weighted by molar-refractivity contribution is 9.11. The smallest absolute Gasteiger partial charge is 0.0805 e. The summed E-state index contributed by atoms with van der Waals surface area (Å²) in [7, 11) is -1.46. The Hall–Kier alpha value is -2.14. The topological polar surface area (TPSA) is 4.93 Å². The molecule has 1 nitrogen and oxygen atoms in total. The molecule has 0 fully saturated rings. The number of aromatic nitrogens is 1. The summed E-state index contributed by atoms with van der Waals surface area (Å²) in [6, 6.07) is 30.6. The van der Waals surface area contributed by atoms with Crippen LogP contribution in [0.3, 0.4) is 0 Å². The summed E-state index contributed by atoms with van der Waals surface area (Å²) in [5, 5.41) is 3.98.